The molecule has 1 saturated heterocycles. The molecule has 16 heavy (non-hydrogen) atoms. The highest BCUT2D eigenvalue weighted by molar-refractivity contribution is 7.80. The van der Waals surface area contributed by atoms with E-state index in [9.17, 15) is 4.79 Å². The molecule has 0 aromatic carbocycles. The lowest BCUT2D eigenvalue weighted by Gasteiger charge is -2.36. The van der Waals surface area contributed by atoms with Crippen LogP contribution in [-0.4, -0.2) is 42.1 Å². The second-order valence-corrected chi connectivity index (χ2v) is 5.19. The predicted octanol–water partition coefficient (Wildman–Crippen LogP) is 0.936. The molecule has 1 fully saturated rings. The van der Waals surface area contributed by atoms with Crippen LogP contribution < -0.4 is 5.73 Å². The lowest BCUT2D eigenvalue weighted by molar-refractivity contribution is -0.139. The van der Waals surface area contributed by atoms with E-state index in [2.05, 4.69) is 0 Å². The van der Waals surface area contributed by atoms with E-state index in [1.807, 2.05) is 7.05 Å². The van der Waals surface area contributed by atoms with E-state index in [-0.39, 0.29) is 16.9 Å². The highest BCUT2D eigenvalue weighted by Gasteiger charge is 2.36. The first-order valence-electron chi connectivity index (χ1n) is 5.52. The zero-order valence-electron chi connectivity index (χ0n) is 10.2. The van der Waals surface area contributed by atoms with Crippen molar-refractivity contribution in [3.05, 3.63) is 0 Å². The summed E-state index contributed by atoms with van der Waals surface area (Å²) in [6.07, 6.45) is 1.77. The summed E-state index contributed by atoms with van der Waals surface area (Å²) in [5.41, 5.74) is 4.84. The molecule has 1 amide bonds. The van der Waals surface area contributed by atoms with Crippen molar-refractivity contribution in [3.8, 4) is 0 Å². The molecule has 0 spiro atoms. The SMILES string of the molecule is CN(C(=O)C(C)(C)C(N)=S)C1CCOCC1. The molecule has 0 unspecified atom stereocenters. The molecule has 4 nitrogen and oxygen atoms in total. The minimum Gasteiger partial charge on any atom is -0.392 e. The van der Waals surface area contributed by atoms with Crippen LogP contribution in [0.15, 0.2) is 0 Å². The van der Waals surface area contributed by atoms with Crippen LogP contribution in [0.2, 0.25) is 0 Å². The van der Waals surface area contributed by atoms with E-state index >= 15 is 0 Å². The molecule has 5 heteroatoms. The average molecular weight is 244 g/mol. The number of nitrogens with two attached hydrogens (primary N) is 1. The van der Waals surface area contributed by atoms with Gasteiger partial charge in [0.2, 0.25) is 5.91 Å². The third-order valence-electron chi connectivity index (χ3n) is 3.21. The minimum atomic E-state index is -0.762. The van der Waals surface area contributed by atoms with Gasteiger partial charge in [0.15, 0.2) is 0 Å². The maximum atomic E-state index is 12.2. The predicted molar refractivity (Wildman–Crippen MR) is 67.2 cm³/mol. The van der Waals surface area contributed by atoms with Gasteiger partial charge in [-0.3, -0.25) is 4.79 Å². The molecule has 92 valence electrons. The second kappa shape index (κ2) is 5.10. The molecule has 0 bridgehead atoms. The Bertz CT molecular complexity index is 286. The summed E-state index contributed by atoms with van der Waals surface area (Å²) in [4.78, 5) is 14.2. The highest BCUT2D eigenvalue weighted by atomic mass is 32.1. The second-order valence-electron chi connectivity index (χ2n) is 4.75. The number of hydrogen-bond acceptors (Lipinski definition) is 3. The van der Waals surface area contributed by atoms with Gasteiger partial charge in [0.1, 0.15) is 0 Å². The summed E-state index contributed by atoms with van der Waals surface area (Å²) in [5, 5.41) is 0. The largest absolute Gasteiger partial charge is 0.392 e. The van der Waals surface area contributed by atoms with Gasteiger partial charge in [-0.15, -0.1) is 0 Å². The normalized spacial score (nSPS) is 18.2. The van der Waals surface area contributed by atoms with Crippen molar-refractivity contribution in [2.75, 3.05) is 20.3 Å². The van der Waals surface area contributed by atoms with Crippen molar-refractivity contribution < 1.29 is 9.53 Å². The van der Waals surface area contributed by atoms with E-state index < -0.39 is 5.41 Å². The van der Waals surface area contributed by atoms with Gasteiger partial charge in [-0.1, -0.05) is 12.2 Å². The molecule has 0 aliphatic carbocycles. The number of amides is 1. The number of carbonyl (C=O) groups excluding carboxylic acids is 1. The van der Waals surface area contributed by atoms with Gasteiger partial charge < -0.3 is 15.4 Å². The van der Waals surface area contributed by atoms with Crippen molar-refractivity contribution in [1.82, 2.24) is 4.90 Å². The lowest BCUT2D eigenvalue weighted by atomic mass is 9.90. The first-order valence-corrected chi connectivity index (χ1v) is 5.93. The number of thiocarbonyl (C=S) groups is 1. The zero-order valence-corrected chi connectivity index (χ0v) is 11.0. The molecular formula is C11H20N2O2S. The molecule has 0 aromatic heterocycles. The summed E-state index contributed by atoms with van der Waals surface area (Å²) < 4.78 is 5.27. The van der Waals surface area contributed by atoms with Crippen LogP contribution in [0.4, 0.5) is 0 Å². The Morgan fingerprint density at radius 3 is 2.38 bits per heavy atom. The number of nitrogens with zero attached hydrogens (tertiary/aromatic N) is 1. The van der Waals surface area contributed by atoms with Crippen LogP contribution in [-0.2, 0) is 9.53 Å². The van der Waals surface area contributed by atoms with E-state index in [1.165, 1.54) is 0 Å². The maximum absolute atomic E-state index is 12.2. The number of ether oxygens (including phenoxy) is 1. The molecule has 1 rings (SSSR count). The first-order chi connectivity index (χ1) is 7.37. The van der Waals surface area contributed by atoms with Crippen LogP contribution in [0.5, 0.6) is 0 Å². The smallest absolute Gasteiger partial charge is 0.235 e. The van der Waals surface area contributed by atoms with Gasteiger partial charge in [0, 0.05) is 26.3 Å². The van der Waals surface area contributed by atoms with Crippen LogP contribution in [0, 0.1) is 5.41 Å². The van der Waals surface area contributed by atoms with E-state index in [0.717, 1.165) is 26.1 Å². The number of rotatable bonds is 3. The molecule has 0 aromatic rings. The molecular weight excluding hydrogens is 224 g/mol. The van der Waals surface area contributed by atoms with Gasteiger partial charge >= 0.3 is 0 Å². The quantitative estimate of drug-likeness (QED) is 0.751. The Morgan fingerprint density at radius 1 is 1.44 bits per heavy atom. The van der Waals surface area contributed by atoms with E-state index in [0.29, 0.717) is 0 Å². The Hall–Kier alpha value is -0.680. The van der Waals surface area contributed by atoms with Crippen molar-refractivity contribution in [1.29, 1.82) is 0 Å². The maximum Gasteiger partial charge on any atom is 0.235 e. The van der Waals surface area contributed by atoms with E-state index in [1.54, 1.807) is 18.7 Å². The minimum absolute atomic E-state index is 0.00750. The van der Waals surface area contributed by atoms with Gasteiger partial charge in [0.25, 0.3) is 0 Å². The summed E-state index contributed by atoms with van der Waals surface area (Å²) in [7, 11) is 1.82. The van der Waals surface area contributed by atoms with Crippen molar-refractivity contribution in [3.63, 3.8) is 0 Å². The fraction of sp³-hybridized carbons (Fsp3) is 0.818. The summed E-state index contributed by atoms with van der Waals surface area (Å²) in [6, 6.07) is 0.245. The van der Waals surface area contributed by atoms with Crippen molar-refractivity contribution in [2.45, 2.75) is 32.7 Å². The van der Waals surface area contributed by atoms with E-state index in [4.69, 9.17) is 22.7 Å². The summed E-state index contributed by atoms with van der Waals surface area (Å²) in [6.45, 7) is 4.98. The van der Waals surface area contributed by atoms with Crippen LogP contribution in [0.25, 0.3) is 0 Å². The summed E-state index contributed by atoms with van der Waals surface area (Å²) >= 11 is 4.93. The Balaban J connectivity index is 2.69. The molecule has 0 radical (unpaired) electrons. The fourth-order valence-corrected chi connectivity index (χ4v) is 1.87. The third-order valence-corrected chi connectivity index (χ3v) is 3.72. The number of carbonyl (C=O) groups is 1. The Labute approximate surface area is 102 Å². The Morgan fingerprint density at radius 2 is 1.94 bits per heavy atom. The molecule has 2 N–H and O–H groups in total. The molecule has 1 heterocycles. The average Bonchev–Trinajstić information content (AvgIpc) is 2.28. The van der Waals surface area contributed by atoms with Crippen LogP contribution in [0.3, 0.4) is 0 Å². The van der Waals surface area contributed by atoms with Gasteiger partial charge in [0.05, 0.1) is 10.4 Å². The van der Waals surface area contributed by atoms with Crippen LogP contribution >= 0.6 is 12.2 Å². The zero-order chi connectivity index (χ0) is 12.3. The monoisotopic (exact) mass is 244 g/mol. The standard InChI is InChI=1S/C11H20N2O2S/c1-11(2,9(12)16)10(14)13(3)8-4-6-15-7-5-8/h8H,4-7H2,1-3H3,(H2,12,16). The molecule has 0 atom stereocenters. The molecule has 0 saturated carbocycles. The molecule has 1 aliphatic rings. The van der Waals surface area contributed by atoms with Crippen LogP contribution in [0.1, 0.15) is 26.7 Å². The van der Waals surface area contributed by atoms with Crippen molar-refractivity contribution in [2.24, 2.45) is 11.1 Å². The summed E-state index contributed by atoms with van der Waals surface area (Å²) in [5.74, 6) is -0.00750. The fourth-order valence-electron chi connectivity index (χ4n) is 1.78. The number of hydrogen-bond donors (Lipinski definition) is 1. The molecule has 1 aliphatic heterocycles. The lowest BCUT2D eigenvalue weighted by Crippen LogP contribution is -2.50. The first kappa shape index (κ1) is 13.4. The van der Waals surface area contributed by atoms with Crippen molar-refractivity contribution >= 4 is 23.1 Å². The highest BCUT2D eigenvalue weighted by Crippen LogP contribution is 2.22. The van der Waals surface area contributed by atoms with Gasteiger partial charge in [-0.25, -0.2) is 0 Å². The van der Waals surface area contributed by atoms with Gasteiger partial charge in [-0.2, -0.15) is 0 Å². The Kier molecular flexibility index (Phi) is 4.27. The third kappa shape index (κ3) is 2.71. The topological polar surface area (TPSA) is 55.6 Å². The van der Waals surface area contributed by atoms with Gasteiger partial charge in [-0.05, 0) is 26.7 Å².